The quantitative estimate of drug-likeness (QED) is 0.254. The fraction of sp³-hybridized carbons (Fsp3) is 0.385. The van der Waals surface area contributed by atoms with Gasteiger partial charge in [-0.1, -0.05) is 42.5 Å². The average molecular weight is 537 g/mol. The molecule has 0 aliphatic rings. The van der Waals surface area contributed by atoms with Crippen molar-refractivity contribution in [2.24, 2.45) is 0 Å². The van der Waals surface area contributed by atoms with Gasteiger partial charge in [-0.25, -0.2) is 19.2 Å². The van der Waals surface area contributed by atoms with Gasteiger partial charge >= 0.3 is 23.9 Å². The maximum atomic E-state index is 10.3. The summed E-state index contributed by atoms with van der Waals surface area (Å²) < 4.78 is 5.90. The fourth-order valence-electron chi connectivity index (χ4n) is 3.05. The highest BCUT2D eigenvalue weighted by Crippen LogP contribution is 2.25. The Balaban J connectivity index is 0.000000948. The van der Waals surface area contributed by atoms with E-state index in [1.165, 1.54) is 11.1 Å². The lowest BCUT2D eigenvalue weighted by Crippen LogP contribution is -2.37. The number of aliphatic hydroxyl groups is 1. The lowest BCUT2D eigenvalue weighted by atomic mass is 10.1. The lowest BCUT2D eigenvalue weighted by Gasteiger charge is -2.26. The van der Waals surface area contributed by atoms with Crippen LogP contribution in [0.5, 0.6) is 5.75 Å². The van der Waals surface area contributed by atoms with Crippen LogP contribution < -0.4 is 10.1 Å². The van der Waals surface area contributed by atoms with Gasteiger partial charge in [0.05, 0.1) is 0 Å². The second-order valence-electron chi connectivity index (χ2n) is 8.39. The number of hydrogen-bond donors (Lipinski definition) is 6. The van der Waals surface area contributed by atoms with Crippen LogP contribution in [0.1, 0.15) is 28.3 Å². The molecular formula is C26H36N2O10. The zero-order chi connectivity index (χ0) is 29.4. The van der Waals surface area contributed by atoms with E-state index in [2.05, 4.69) is 74.6 Å². The van der Waals surface area contributed by atoms with Gasteiger partial charge in [-0.2, -0.15) is 0 Å². The monoisotopic (exact) mass is 536 g/mol. The summed E-state index contributed by atoms with van der Waals surface area (Å²) >= 11 is 0. The van der Waals surface area contributed by atoms with Crippen LogP contribution in [0, 0.1) is 20.8 Å². The maximum absolute atomic E-state index is 10.3. The Morgan fingerprint density at radius 3 is 1.71 bits per heavy atom. The highest BCUT2D eigenvalue weighted by atomic mass is 16.5. The zero-order valence-corrected chi connectivity index (χ0v) is 22.0. The molecule has 0 fully saturated rings. The van der Waals surface area contributed by atoms with E-state index in [9.17, 15) is 5.11 Å². The van der Waals surface area contributed by atoms with Crippen molar-refractivity contribution < 1.29 is 49.4 Å². The number of ether oxygens (including phenoxy) is 1. The van der Waals surface area contributed by atoms with E-state index in [4.69, 9.17) is 44.3 Å². The molecule has 2 aromatic carbocycles. The molecule has 0 aromatic heterocycles. The van der Waals surface area contributed by atoms with Gasteiger partial charge in [0.25, 0.3) is 0 Å². The van der Waals surface area contributed by atoms with E-state index in [1.807, 2.05) is 13.0 Å². The summed E-state index contributed by atoms with van der Waals surface area (Å²) in [5.74, 6) is -6.41. The molecule has 0 bridgehead atoms. The first-order valence-corrected chi connectivity index (χ1v) is 11.4. The van der Waals surface area contributed by atoms with Crippen LogP contribution in [0.3, 0.4) is 0 Å². The first-order valence-electron chi connectivity index (χ1n) is 11.4. The number of aliphatic carboxylic acids is 4. The van der Waals surface area contributed by atoms with Gasteiger partial charge in [0.2, 0.25) is 0 Å². The first-order chi connectivity index (χ1) is 17.7. The molecule has 0 radical (unpaired) electrons. The Kier molecular flexibility index (Phi) is 15.6. The second-order valence-corrected chi connectivity index (χ2v) is 8.39. The van der Waals surface area contributed by atoms with Gasteiger partial charge in [0.15, 0.2) is 0 Å². The van der Waals surface area contributed by atoms with E-state index in [0.29, 0.717) is 6.54 Å². The van der Waals surface area contributed by atoms with Gasteiger partial charge in [-0.05, 0) is 57.1 Å². The Morgan fingerprint density at radius 1 is 0.789 bits per heavy atom. The average Bonchev–Trinajstić information content (AvgIpc) is 2.85. The Bertz CT molecular complexity index is 1010. The lowest BCUT2D eigenvalue weighted by molar-refractivity contribution is -0.159. The molecule has 2 rings (SSSR count). The molecule has 38 heavy (non-hydrogen) atoms. The maximum Gasteiger partial charge on any atom is 0.414 e. The first kappa shape index (κ1) is 34.0. The standard InChI is InChI=1S/C22H32N2O2.2C2H2O4/c1-16-11-12-17(2)22(18(16)3)26-15-20(25)13-23-14-21(24(4)5)19-9-7-6-8-10-19;2*3-1(4)2(5)6/h6-12,20-21,23,25H,13-15H2,1-5H3;2*(H,3,4)(H,5,6). The van der Waals surface area contributed by atoms with Crippen molar-refractivity contribution in [2.45, 2.75) is 32.9 Å². The fourth-order valence-corrected chi connectivity index (χ4v) is 3.05. The molecule has 2 aromatic rings. The Hall–Kier alpha value is -4.00. The van der Waals surface area contributed by atoms with Crippen molar-refractivity contribution in [3.63, 3.8) is 0 Å². The van der Waals surface area contributed by atoms with Crippen molar-refractivity contribution in [3.8, 4) is 5.75 Å². The molecular weight excluding hydrogens is 500 g/mol. The van der Waals surface area contributed by atoms with Crippen LogP contribution in [0.2, 0.25) is 0 Å². The minimum absolute atomic E-state index is 0.269. The number of rotatable bonds is 9. The highest BCUT2D eigenvalue weighted by molar-refractivity contribution is 6.27. The van der Waals surface area contributed by atoms with Gasteiger partial charge in [0, 0.05) is 19.1 Å². The SMILES string of the molecule is Cc1ccc(C)c(OCC(O)CNCC(c2ccccc2)N(C)C)c1C.O=C(O)C(=O)O.O=C(O)C(=O)O. The number of aryl methyl sites for hydroxylation is 2. The molecule has 2 unspecified atom stereocenters. The van der Waals surface area contributed by atoms with Crippen LogP contribution in [0.15, 0.2) is 42.5 Å². The molecule has 6 N–H and O–H groups in total. The molecule has 0 amide bonds. The Morgan fingerprint density at radius 2 is 1.26 bits per heavy atom. The third-order valence-corrected chi connectivity index (χ3v) is 5.18. The zero-order valence-electron chi connectivity index (χ0n) is 22.0. The molecule has 0 saturated heterocycles. The number of aliphatic hydroxyl groups excluding tert-OH is 1. The smallest absolute Gasteiger partial charge is 0.414 e. The van der Waals surface area contributed by atoms with Gasteiger partial charge < -0.3 is 40.5 Å². The summed E-state index contributed by atoms with van der Waals surface area (Å²) in [4.78, 5) is 38.6. The molecule has 0 heterocycles. The van der Waals surface area contributed by atoms with Gasteiger partial charge in [-0.15, -0.1) is 0 Å². The van der Waals surface area contributed by atoms with E-state index in [1.54, 1.807) is 0 Å². The number of benzene rings is 2. The summed E-state index contributed by atoms with van der Waals surface area (Å²) in [6.07, 6.45) is -0.548. The number of carboxylic acid groups (broad SMARTS) is 4. The number of hydrogen-bond acceptors (Lipinski definition) is 8. The minimum atomic E-state index is -1.82. The van der Waals surface area contributed by atoms with Crippen molar-refractivity contribution in [1.82, 2.24) is 10.2 Å². The molecule has 12 heteroatoms. The summed E-state index contributed by atoms with van der Waals surface area (Å²) in [7, 11) is 4.14. The summed E-state index contributed by atoms with van der Waals surface area (Å²) in [5.41, 5.74) is 4.71. The largest absolute Gasteiger partial charge is 0.490 e. The Labute approximate surface area is 221 Å². The summed E-state index contributed by atoms with van der Waals surface area (Å²) in [6.45, 7) is 7.73. The normalized spacial score (nSPS) is 11.7. The molecule has 0 saturated carbocycles. The molecule has 0 aliphatic carbocycles. The predicted molar refractivity (Wildman–Crippen MR) is 138 cm³/mol. The third kappa shape index (κ3) is 13.3. The molecule has 12 nitrogen and oxygen atoms in total. The third-order valence-electron chi connectivity index (χ3n) is 5.18. The number of carbonyl (C=O) groups is 4. The number of carboxylic acids is 4. The molecule has 0 spiro atoms. The molecule has 0 aliphatic heterocycles. The van der Waals surface area contributed by atoms with Crippen molar-refractivity contribution >= 4 is 23.9 Å². The van der Waals surface area contributed by atoms with E-state index in [-0.39, 0.29) is 12.6 Å². The van der Waals surface area contributed by atoms with Crippen molar-refractivity contribution in [2.75, 3.05) is 33.8 Å². The van der Waals surface area contributed by atoms with E-state index in [0.717, 1.165) is 23.4 Å². The highest BCUT2D eigenvalue weighted by Gasteiger charge is 2.15. The van der Waals surface area contributed by atoms with Gasteiger partial charge in [-0.3, -0.25) is 0 Å². The molecule has 2 atom stereocenters. The topological polar surface area (TPSA) is 194 Å². The van der Waals surface area contributed by atoms with Crippen LogP contribution >= 0.6 is 0 Å². The second kappa shape index (κ2) is 17.5. The van der Waals surface area contributed by atoms with Gasteiger partial charge in [0.1, 0.15) is 18.5 Å². The minimum Gasteiger partial charge on any atom is -0.490 e. The number of likely N-dealkylation sites (N-methyl/N-ethyl adjacent to an activating group) is 1. The van der Waals surface area contributed by atoms with Crippen molar-refractivity contribution in [1.29, 1.82) is 0 Å². The van der Waals surface area contributed by atoms with Crippen molar-refractivity contribution in [3.05, 3.63) is 64.7 Å². The van der Waals surface area contributed by atoms with E-state index >= 15 is 0 Å². The summed E-state index contributed by atoms with van der Waals surface area (Å²) in [5, 5.41) is 43.2. The van der Waals surface area contributed by atoms with Crippen LogP contribution in [-0.2, 0) is 19.2 Å². The number of nitrogens with zero attached hydrogens (tertiary/aromatic N) is 1. The van der Waals surface area contributed by atoms with Crippen LogP contribution in [0.25, 0.3) is 0 Å². The van der Waals surface area contributed by atoms with Crippen LogP contribution in [0.4, 0.5) is 0 Å². The molecule has 210 valence electrons. The van der Waals surface area contributed by atoms with Crippen LogP contribution in [-0.4, -0.2) is 94.2 Å². The predicted octanol–water partition coefficient (Wildman–Crippen LogP) is 1.56. The van der Waals surface area contributed by atoms with E-state index < -0.39 is 30.0 Å². The summed E-state index contributed by atoms with van der Waals surface area (Å²) in [6, 6.07) is 14.8. The number of nitrogens with one attached hydrogen (secondary N) is 1.